The fourth-order valence-electron chi connectivity index (χ4n) is 2.76. The fraction of sp³-hybridized carbons (Fsp3) is 0.556. The van der Waals surface area contributed by atoms with Crippen LogP contribution in [-0.2, 0) is 9.59 Å². The van der Waals surface area contributed by atoms with Crippen molar-refractivity contribution in [3.63, 3.8) is 0 Å². The van der Waals surface area contributed by atoms with E-state index >= 15 is 0 Å². The summed E-state index contributed by atoms with van der Waals surface area (Å²) < 4.78 is 0. The largest absolute Gasteiger partial charge is 0.352 e. The topological polar surface area (TPSA) is 58.2 Å². The van der Waals surface area contributed by atoms with Crippen LogP contribution in [0.25, 0.3) is 0 Å². The monoisotopic (exact) mass is 336 g/mol. The van der Waals surface area contributed by atoms with E-state index < -0.39 is 5.41 Å². The average Bonchev–Trinajstić information content (AvgIpc) is 2.50. The highest BCUT2D eigenvalue weighted by Gasteiger charge is 2.37. The predicted molar refractivity (Wildman–Crippen MR) is 93.6 cm³/mol. The van der Waals surface area contributed by atoms with Crippen molar-refractivity contribution < 1.29 is 9.59 Å². The Bertz CT molecular complexity index is 593. The molecule has 0 aliphatic heterocycles. The lowest BCUT2D eigenvalue weighted by atomic mass is 9.88. The number of rotatable bonds is 4. The molecule has 0 aromatic heterocycles. The molecule has 0 unspecified atom stereocenters. The highest BCUT2D eigenvalue weighted by molar-refractivity contribution is 6.30. The number of halogens is 1. The van der Waals surface area contributed by atoms with Gasteiger partial charge in [0.2, 0.25) is 11.8 Å². The van der Waals surface area contributed by atoms with Gasteiger partial charge >= 0.3 is 0 Å². The van der Waals surface area contributed by atoms with Crippen molar-refractivity contribution >= 4 is 29.1 Å². The van der Waals surface area contributed by atoms with E-state index in [0.717, 1.165) is 31.2 Å². The SMILES string of the molecule is Cc1cc(Cl)ccc1NC(=O)C(C)(C)C(=O)NC1CCCCC1. The van der Waals surface area contributed by atoms with Crippen LogP contribution in [0.2, 0.25) is 5.02 Å². The lowest BCUT2D eigenvalue weighted by molar-refractivity contribution is -0.139. The zero-order valence-electron chi connectivity index (χ0n) is 14.0. The summed E-state index contributed by atoms with van der Waals surface area (Å²) in [6, 6.07) is 5.46. The number of benzene rings is 1. The summed E-state index contributed by atoms with van der Waals surface area (Å²) in [5, 5.41) is 6.49. The number of amides is 2. The minimum absolute atomic E-state index is 0.195. The molecular formula is C18H25ClN2O2. The van der Waals surface area contributed by atoms with Crippen LogP contribution >= 0.6 is 11.6 Å². The highest BCUT2D eigenvalue weighted by atomic mass is 35.5. The smallest absolute Gasteiger partial charge is 0.239 e. The molecule has 126 valence electrons. The molecule has 4 nitrogen and oxygen atoms in total. The molecule has 2 amide bonds. The van der Waals surface area contributed by atoms with E-state index in [1.54, 1.807) is 32.0 Å². The van der Waals surface area contributed by atoms with Gasteiger partial charge in [-0.25, -0.2) is 0 Å². The second kappa shape index (κ2) is 7.35. The van der Waals surface area contributed by atoms with Gasteiger partial charge in [-0.05, 0) is 57.4 Å². The summed E-state index contributed by atoms with van der Waals surface area (Å²) in [7, 11) is 0. The van der Waals surface area contributed by atoms with Gasteiger partial charge in [0, 0.05) is 16.8 Å². The van der Waals surface area contributed by atoms with E-state index in [4.69, 9.17) is 11.6 Å². The van der Waals surface area contributed by atoms with Crippen LogP contribution < -0.4 is 10.6 Å². The van der Waals surface area contributed by atoms with Gasteiger partial charge in [0.1, 0.15) is 5.41 Å². The second-order valence-corrected chi connectivity index (χ2v) is 7.28. The standard InChI is InChI=1S/C18H25ClN2O2/c1-12-11-13(19)9-10-15(12)21-17(23)18(2,3)16(22)20-14-7-5-4-6-8-14/h9-11,14H,4-8H2,1-3H3,(H,20,22)(H,21,23). The molecule has 0 saturated heterocycles. The molecule has 1 fully saturated rings. The molecule has 1 aliphatic carbocycles. The average molecular weight is 337 g/mol. The molecule has 1 aromatic rings. The van der Waals surface area contributed by atoms with Crippen LogP contribution in [-0.4, -0.2) is 17.9 Å². The number of carbonyl (C=O) groups excluding carboxylic acids is 2. The van der Waals surface area contributed by atoms with E-state index in [0.29, 0.717) is 10.7 Å². The Balaban J connectivity index is 2.02. The fourth-order valence-corrected chi connectivity index (χ4v) is 2.99. The zero-order valence-corrected chi connectivity index (χ0v) is 14.8. The minimum atomic E-state index is -1.12. The van der Waals surface area contributed by atoms with Gasteiger partial charge in [0.25, 0.3) is 0 Å². The van der Waals surface area contributed by atoms with E-state index in [1.807, 2.05) is 6.92 Å². The van der Waals surface area contributed by atoms with Gasteiger partial charge in [-0.2, -0.15) is 0 Å². The third-order valence-electron chi connectivity index (χ3n) is 4.51. The molecule has 23 heavy (non-hydrogen) atoms. The van der Waals surface area contributed by atoms with E-state index in [9.17, 15) is 9.59 Å². The minimum Gasteiger partial charge on any atom is -0.352 e. The molecule has 0 radical (unpaired) electrons. The molecular weight excluding hydrogens is 312 g/mol. The molecule has 1 aliphatic rings. The molecule has 5 heteroatoms. The Morgan fingerprint density at radius 1 is 1.13 bits per heavy atom. The van der Waals surface area contributed by atoms with Crippen LogP contribution in [0, 0.1) is 12.3 Å². The van der Waals surface area contributed by atoms with Gasteiger partial charge < -0.3 is 10.6 Å². The Morgan fingerprint density at radius 2 is 1.78 bits per heavy atom. The predicted octanol–water partition coefficient (Wildman–Crippen LogP) is 4.06. The quantitative estimate of drug-likeness (QED) is 0.814. The van der Waals surface area contributed by atoms with Crippen LogP contribution in [0.3, 0.4) is 0 Å². The number of anilines is 1. The summed E-state index contributed by atoms with van der Waals surface area (Å²) in [6.45, 7) is 5.19. The highest BCUT2D eigenvalue weighted by Crippen LogP contribution is 2.25. The molecule has 0 atom stereocenters. The van der Waals surface area contributed by atoms with Crippen molar-refractivity contribution in [3.8, 4) is 0 Å². The maximum Gasteiger partial charge on any atom is 0.239 e. The van der Waals surface area contributed by atoms with Crippen molar-refractivity contribution in [1.82, 2.24) is 5.32 Å². The van der Waals surface area contributed by atoms with Gasteiger partial charge in [-0.1, -0.05) is 30.9 Å². The number of hydrogen-bond acceptors (Lipinski definition) is 2. The Kier molecular flexibility index (Phi) is 5.69. The van der Waals surface area contributed by atoms with Crippen LogP contribution in [0.15, 0.2) is 18.2 Å². The molecule has 0 spiro atoms. The Labute approximate surface area is 143 Å². The van der Waals surface area contributed by atoms with Crippen molar-refractivity contribution in [1.29, 1.82) is 0 Å². The van der Waals surface area contributed by atoms with Crippen LogP contribution in [0.4, 0.5) is 5.69 Å². The Morgan fingerprint density at radius 3 is 2.39 bits per heavy atom. The molecule has 2 N–H and O–H groups in total. The molecule has 1 aromatic carbocycles. The van der Waals surface area contributed by atoms with Gasteiger partial charge in [0.15, 0.2) is 0 Å². The van der Waals surface area contributed by atoms with Gasteiger partial charge in [0.05, 0.1) is 0 Å². The number of aryl methyl sites for hydroxylation is 1. The summed E-state index contributed by atoms with van der Waals surface area (Å²) in [4.78, 5) is 25.1. The summed E-state index contributed by atoms with van der Waals surface area (Å²) in [5.41, 5.74) is 0.427. The van der Waals surface area contributed by atoms with Crippen molar-refractivity contribution in [2.45, 2.75) is 58.9 Å². The van der Waals surface area contributed by atoms with Crippen LogP contribution in [0.1, 0.15) is 51.5 Å². The van der Waals surface area contributed by atoms with Crippen molar-refractivity contribution in [3.05, 3.63) is 28.8 Å². The molecule has 1 saturated carbocycles. The van der Waals surface area contributed by atoms with Gasteiger partial charge in [-0.3, -0.25) is 9.59 Å². The van der Waals surface area contributed by atoms with Crippen molar-refractivity contribution in [2.24, 2.45) is 5.41 Å². The Hall–Kier alpha value is -1.55. The number of carbonyl (C=O) groups is 2. The van der Waals surface area contributed by atoms with Crippen LogP contribution in [0.5, 0.6) is 0 Å². The number of hydrogen-bond donors (Lipinski definition) is 2. The first kappa shape index (κ1) is 17.8. The molecule has 0 bridgehead atoms. The summed E-state index contributed by atoms with van der Waals surface area (Å²) >= 11 is 5.93. The van der Waals surface area contributed by atoms with E-state index in [1.165, 1.54) is 6.42 Å². The second-order valence-electron chi connectivity index (χ2n) is 6.85. The zero-order chi connectivity index (χ0) is 17.0. The lowest BCUT2D eigenvalue weighted by Crippen LogP contribution is -2.49. The molecule has 2 rings (SSSR count). The number of nitrogens with one attached hydrogen (secondary N) is 2. The first-order valence-corrected chi connectivity index (χ1v) is 8.57. The first-order valence-electron chi connectivity index (χ1n) is 8.19. The van der Waals surface area contributed by atoms with Gasteiger partial charge in [-0.15, -0.1) is 0 Å². The normalized spacial score (nSPS) is 16.0. The van der Waals surface area contributed by atoms with E-state index in [-0.39, 0.29) is 17.9 Å². The van der Waals surface area contributed by atoms with E-state index in [2.05, 4.69) is 10.6 Å². The first-order chi connectivity index (χ1) is 10.8. The summed E-state index contributed by atoms with van der Waals surface area (Å²) in [6.07, 6.45) is 5.51. The maximum atomic E-state index is 12.5. The lowest BCUT2D eigenvalue weighted by Gasteiger charge is -2.28. The third-order valence-corrected chi connectivity index (χ3v) is 4.75. The maximum absolute atomic E-state index is 12.5. The van der Waals surface area contributed by atoms with Crippen molar-refractivity contribution in [2.75, 3.05) is 5.32 Å². The summed E-state index contributed by atoms with van der Waals surface area (Å²) in [5.74, 6) is -0.523. The molecule has 0 heterocycles. The third kappa shape index (κ3) is 4.47.